The smallest absolute Gasteiger partial charge is 0.356 e. The van der Waals surface area contributed by atoms with Gasteiger partial charge >= 0.3 is 5.97 Å². The van der Waals surface area contributed by atoms with E-state index < -0.39 is 5.97 Å². The summed E-state index contributed by atoms with van der Waals surface area (Å²) >= 11 is 0. The molecule has 20 heavy (non-hydrogen) atoms. The van der Waals surface area contributed by atoms with E-state index in [9.17, 15) is 9.18 Å². The summed E-state index contributed by atoms with van der Waals surface area (Å²) < 4.78 is 12.8. The lowest BCUT2D eigenvalue weighted by Gasteiger charge is -2.16. The monoisotopic (exact) mass is 274 g/mol. The number of rotatable bonds is 5. The molecule has 2 aromatic rings. The number of hydrogen-bond donors (Lipinski definition) is 2. The maximum Gasteiger partial charge on any atom is 0.356 e. The Labute approximate surface area is 116 Å². The molecule has 1 unspecified atom stereocenters. The maximum absolute atomic E-state index is 12.8. The number of carboxylic acids is 1. The summed E-state index contributed by atoms with van der Waals surface area (Å²) in [6, 6.07) is 9.62. The number of pyridine rings is 1. The van der Waals surface area contributed by atoms with Crippen LogP contribution in [-0.2, 0) is 6.42 Å². The van der Waals surface area contributed by atoms with Crippen LogP contribution in [0.1, 0.15) is 23.0 Å². The van der Waals surface area contributed by atoms with Gasteiger partial charge in [-0.1, -0.05) is 12.1 Å². The zero-order chi connectivity index (χ0) is 14.5. The van der Waals surface area contributed by atoms with E-state index in [4.69, 9.17) is 5.11 Å². The highest BCUT2D eigenvalue weighted by Gasteiger charge is 2.13. The quantitative estimate of drug-likeness (QED) is 0.880. The van der Waals surface area contributed by atoms with Crippen molar-refractivity contribution in [2.45, 2.75) is 19.4 Å². The third-order valence-corrected chi connectivity index (χ3v) is 2.87. The lowest BCUT2D eigenvalue weighted by molar-refractivity contribution is 0.0691. The molecule has 1 aromatic heterocycles. The van der Waals surface area contributed by atoms with E-state index in [2.05, 4.69) is 10.3 Å². The number of hydrogen-bond acceptors (Lipinski definition) is 3. The van der Waals surface area contributed by atoms with E-state index in [1.807, 2.05) is 6.92 Å². The Morgan fingerprint density at radius 3 is 2.70 bits per heavy atom. The van der Waals surface area contributed by atoms with Crippen LogP contribution in [0, 0.1) is 5.82 Å². The molecule has 0 saturated carbocycles. The Morgan fingerprint density at radius 1 is 1.35 bits per heavy atom. The first kappa shape index (κ1) is 14.0. The van der Waals surface area contributed by atoms with E-state index in [0.717, 1.165) is 5.56 Å². The molecule has 0 bridgehead atoms. The van der Waals surface area contributed by atoms with Crippen molar-refractivity contribution in [1.82, 2.24) is 4.98 Å². The number of carboxylic acid groups (broad SMARTS) is 1. The molecule has 1 atom stereocenters. The van der Waals surface area contributed by atoms with Gasteiger partial charge in [-0.05, 0) is 43.2 Å². The Morgan fingerprint density at radius 2 is 2.05 bits per heavy atom. The van der Waals surface area contributed by atoms with Crippen molar-refractivity contribution < 1.29 is 14.3 Å². The van der Waals surface area contributed by atoms with Crippen LogP contribution in [0.2, 0.25) is 0 Å². The minimum absolute atomic E-state index is 0.00143. The zero-order valence-electron chi connectivity index (χ0n) is 11.0. The maximum atomic E-state index is 12.8. The predicted molar refractivity (Wildman–Crippen MR) is 74.4 cm³/mol. The summed E-state index contributed by atoms with van der Waals surface area (Å²) in [6.07, 6.45) is 2.10. The second-order valence-electron chi connectivity index (χ2n) is 4.58. The van der Waals surface area contributed by atoms with Crippen LogP contribution < -0.4 is 5.32 Å². The van der Waals surface area contributed by atoms with Crippen LogP contribution in [0.5, 0.6) is 0 Å². The molecule has 0 spiro atoms. The van der Waals surface area contributed by atoms with Crippen LogP contribution in [0.15, 0.2) is 42.6 Å². The summed E-state index contributed by atoms with van der Waals surface area (Å²) in [5, 5.41) is 12.2. The number of nitrogens with zero attached hydrogens (tertiary/aromatic N) is 1. The normalized spacial score (nSPS) is 11.9. The van der Waals surface area contributed by atoms with E-state index in [-0.39, 0.29) is 17.6 Å². The highest BCUT2D eigenvalue weighted by Crippen LogP contribution is 2.15. The van der Waals surface area contributed by atoms with Crippen molar-refractivity contribution in [2.24, 2.45) is 0 Å². The second kappa shape index (κ2) is 6.14. The minimum atomic E-state index is -1.07. The van der Waals surface area contributed by atoms with Gasteiger partial charge in [0.2, 0.25) is 0 Å². The SMILES string of the molecule is CC(Cc1ccc(F)cc1)Nc1cccnc1C(=O)O. The molecule has 0 fully saturated rings. The lowest BCUT2D eigenvalue weighted by Crippen LogP contribution is -2.20. The van der Waals surface area contributed by atoms with Gasteiger partial charge in [-0.2, -0.15) is 0 Å². The number of carbonyl (C=O) groups is 1. The van der Waals surface area contributed by atoms with Gasteiger partial charge in [0.05, 0.1) is 5.69 Å². The third kappa shape index (κ3) is 3.54. The number of aromatic carboxylic acids is 1. The predicted octanol–water partition coefficient (Wildman–Crippen LogP) is 2.96. The summed E-state index contributed by atoms with van der Waals surface area (Å²) in [4.78, 5) is 14.9. The Bertz CT molecular complexity index is 599. The highest BCUT2D eigenvalue weighted by atomic mass is 19.1. The fraction of sp³-hybridized carbons (Fsp3) is 0.200. The number of aromatic nitrogens is 1. The molecule has 4 nitrogen and oxygen atoms in total. The molecule has 0 aliphatic heterocycles. The van der Waals surface area contributed by atoms with Gasteiger partial charge < -0.3 is 10.4 Å². The third-order valence-electron chi connectivity index (χ3n) is 2.87. The molecule has 2 N–H and O–H groups in total. The topological polar surface area (TPSA) is 62.2 Å². The van der Waals surface area contributed by atoms with Gasteiger partial charge in [0.1, 0.15) is 5.82 Å². The van der Waals surface area contributed by atoms with Crippen molar-refractivity contribution in [2.75, 3.05) is 5.32 Å². The first-order valence-electron chi connectivity index (χ1n) is 6.25. The average Bonchev–Trinajstić information content (AvgIpc) is 2.41. The van der Waals surface area contributed by atoms with Gasteiger partial charge in [0.25, 0.3) is 0 Å². The van der Waals surface area contributed by atoms with Crippen LogP contribution in [-0.4, -0.2) is 22.1 Å². The van der Waals surface area contributed by atoms with Crippen LogP contribution in [0.4, 0.5) is 10.1 Å². The van der Waals surface area contributed by atoms with Gasteiger partial charge in [-0.25, -0.2) is 14.2 Å². The molecule has 0 aliphatic carbocycles. The van der Waals surface area contributed by atoms with Crippen molar-refractivity contribution in [3.8, 4) is 0 Å². The number of nitrogens with one attached hydrogen (secondary N) is 1. The van der Waals surface area contributed by atoms with Crippen LogP contribution in [0.3, 0.4) is 0 Å². The number of anilines is 1. The molecular weight excluding hydrogens is 259 g/mol. The van der Waals surface area contributed by atoms with Crippen molar-refractivity contribution in [3.05, 3.63) is 59.7 Å². The number of halogens is 1. The minimum Gasteiger partial charge on any atom is -0.476 e. The largest absolute Gasteiger partial charge is 0.476 e. The summed E-state index contributed by atoms with van der Waals surface area (Å²) in [5.74, 6) is -1.34. The van der Waals surface area contributed by atoms with Crippen LogP contribution in [0.25, 0.3) is 0 Å². The van der Waals surface area contributed by atoms with Gasteiger partial charge in [0, 0.05) is 12.2 Å². The zero-order valence-corrected chi connectivity index (χ0v) is 11.0. The molecule has 1 heterocycles. The summed E-state index contributed by atoms with van der Waals surface area (Å²) in [6.45, 7) is 1.93. The first-order valence-corrected chi connectivity index (χ1v) is 6.25. The standard InChI is InChI=1S/C15H15FN2O2/c1-10(9-11-4-6-12(16)7-5-11)18-13-3-2-8-17-14(13)15(19)20/h2-8,10,18H,9H2,1H3,(H,19,20). The van der Waals surface area contributed by atoms with E-state index in [1.54, 1.807) is 24.3 Å². The molecule has 104 valence electrons. The van der Waals surface area contributed by atoms with E-state index in [1.165, 1.54) is 18.3 Å². The summed E-state index contributed by atoms with van der Waals surface area (Å²) in [7, 11) is 0. The fourth-order valence-corrected chi connectivity index (χ4v) is 1.98. The van der Waals surface area contributed by atoms with Crippen molar-refractivity contribution in [1.29, 1.82) is 0 Å². The molecule has 0 amide bonds. The first-order chi connectivity index (χ1) is 9.56. The second-order valence-corrected chi connectivity index (χ2v) is 4.58. The average molecular weight is 274 g/mol. The Hall–Kier alpha value is -2.43. The molecule has 2 rings (SSSR count). The van der Waals surface area contributed by atoms with Gasteiger partial charge in [0.15, 0.2) is 5.69 Å². The molecule has 5 heteroatoms. The summed E-state index contributed by atoms with van der Waals surface area (Å²) in [5.41, 5.74) is 1.46. The van der Waals surface area contributed by atoms with Crippen molar-refractivity contribution >= 4 is 11.7 Å². The molecule has 0 saturated heterocycles. The van der Waals surface area contributed by atoms with Gasteiger partial charge in [-0.15, -0.1) is 0 Å². The lowest BCUT2D eigenvalue weighted by atomic mass is 10.1. The Kier molecular flexibility index (Phi) is 4.30. The van der Waals surface area contributed by atoms with Crippen LogP contribution >= 0.6 is 0 Å². The molecule has 0 radical (unpaired) electrons. The molecular formula is C15H15FN2O2. The molecule has 1 aromatic carbocycles. The van der Waals surface area contributed by atoms with E-state index >= 15 is 0 Å². The fourth-order valence-electron chi connectivity index (χ4n) is 1.98. The van der Waals surface area contributed by atoms with Crippen molar-refractivity contribution in [3.63, 3.8) is 0 Å². The number of benzene rings is 1. The highest BCUT2D eigenvalue weighted by molar-refractivity contribution is 5.91. The van der Waals surface area contributed by atoms with E-state index in [0.29, 0.717) is 12.1 Å². The Balaban J connectivity index is 2.06. The van der Waals surface area contributed by atoms with Gasteiger partial charge in [-0.3, -0.25) is 0 Å². The molecule has 0 aliphatic rings.